The molecule has 0 aliphatic carbocycles. The van der Waals surface area contributed by atoms with Gasteiger partial charge in [0.1, 0.15) is 16.8 Å². The van der Waals surface area contributed by atoms with Crippen LogP contribution in [0.15, 0.2) is 72.3 Å². The Morgan fingerprint density at radius 3 is 2.14 bits per heavy atom. The molecular formula is C25H17F3N2O4S. The second-order valence-corrected chi connectivity index (χ2v) is 8.08. The zero-order valence-corrected chi connectivity index (χ0v) is 19.0. The average molecular weight is 498 g/mol. The summed E-state index contributed by atoms with van der Waals surface area (Å²) in [6.45, 7) is 0. The van der Waals surface area contributed by atoms with E-state index < -0.39 is 23.5 Å². The Balaban J connectivity index is 1.86. The highest BCUT2D eigenvalue weighted by Crippen LogP contribution is 2.31. The number of hydrogen-bond acceptors (Lipinski definition) is 6. The van der Waals surface area contributed by atoms with Crippen molar-refractivity contribution in [2.24, 2.45) is 0 Å². The van der Waals surface area contributed by atoms with Gasteiger partial charge in [-0.05, 0) is 59.7 Å². The summed E-state index contributed by atoms with van der Waals surface area (Å²) in [5.74, 6) is -1.41. The summed E-state index contributed by atoms with van der Waals surface area (Å²) in [7, 11) is 1.47. The molecule has 1 heterocycles. The molecule has 0 saturated carbocycles. The van der Waals surface area contributed by atoms with Gasteiger partial charge in [0.2, 0.25) is 0 Å². The molecule has 0 fully saturated rings. The number of carbonyl (C=O) groups is 2. The van der Waals surface area contributed by atoms with E-state index in [9.17, 15) is 27.9 Å². The first-order valence-corrected chi connectivity index (χ1v) is 10.9. The van der Waals surface area contributed by atoms with E-state index in [0.29, 0.717) is 22.3 Å². The molecule has 0 aliphatic heterocycles. The molecule has 3 aromatic carbocycles. The maximum absolute atomic E-state index is 13.5. The number of carboxylic acids is 1. The number of carboxylic acid groups (broad SMARTS) is 1. The fourth-order valence-corrected chi connectivity index (χ4v) is 4.10. The maximum atomic E-state index is 13.5. The van der Waals surface area contributed by atoms with Gasteiger partial charge in [0.15, 0.2) is 5.78 Å². The number of fused-ring (bicyclic) bond motifs is 1. The largest absolute Gasteiger partial charge is 0.497 e. The SMILES string of the molecule is COc1ccc(C(=O)C(Cc2ccc(C(F)(F)F)cc2)=C(C(=O)O)c2ccc3nsnc3c2)cc1. The Hall–Kier alpha value is -4.05. The van der Waals surface area contributed by atoms with Gasteiger partial charge in [0.05, 0.1) is 30.0 Å². The Morgan fingerprint density at radius 2 is 1.54 bits per heavy atom. The number of ketones is 1. The van der Waals surface area contributed by atoms with Gasteiger partial charge in [-0.1, -0.05) is 18.2 Å². The van der Waals surface area contributed by atoms with Crippen LogP contribution in [0.4, 0.5) is 13.2 Å². The number of ether oxygens (including phenoxy) is 1. The van der Waals surface area contributed by atoms with Crippen molar-refractivity contribution < 1.29 is 32.6 Å². The van der Waals surface area contributed by atoms with E-state index in [0.717, 1.165) is 23.9 Å². The molecule has 1 N–H and O–H groups in total. The van der Waals surface area contributed by atoms with E-state index >= 15 is 0 Å². The predicted octanol–water partition coefficient (Wildman–Crippen LogP) is 5.68. The summed E-state index contributed by atoms with van der Waals surface area (Å²) in [6.07, 6.45) is -4.71. The quantitative estimate of drug-likeness (QED) is 0.260. The molecule has 4 aromatic rings. The van der Waals surface area contributed by atoms with Gasteiger partial charge >= 0.3 is 12.1 Å². The van der Waals surface area contributed by atoms with Crippen LogP contribution < -0.4 is 4.74 Å². The molecule has 0 radical (unpaired) electrons. The van der Waals surface area contributed by atoms with Crippen molar-refractivity contribution in [3.63, 3.8) is 0 Å². The van der Waals surface area contributed by atoms with Crippen LogP contribution in [0, 0.1) is 0 Å². The van der Waals surface area contributed by atoms with Gasteiger partial charge in [-0.2, -0.15) is 21.9 Å². The summed E-state index contributed by atoms with van der Waals surface area (Å²) in [5, 5.41) is 10.1. The molecule has 6 nitrogen and oxygen atoms in total. The number of methoxy groups -OCH3 is 1. The van der Waals surface area contributed by atoms with E-state index in [-0.39, 0.29) is 28.7 Å². The first-order chi connectivity index (χ1) is 16.7. The molecule has 10 heteroatoms. The first kappa shape index (κ1) is 24.1. The zero-order chi connectivity index (χ0) is 25.2. The average Bonchev–Trinajstić information content (AvgIpc) is 3.31. The van der Waals surface area contributed by atoms with E-state index in [1.165, 1.54) is 43.5 Å². The van der Waals surface area contributed by atoms with Crippen LogP contribution in [0.1, 0.15) is 27.0 Å². The molecule has 35 heavy (non-hydrogen) atoms. The molecule has 0 aliphatic rings. The number of rotatable bonds is 7. The highest BCUT2D eigenvalue weighted by atomic mass is 32.1. The zero-order valence-electron chi connectivity index (χ0n) is 18.2. The Bertz CT molecular complexity index is 1430. The van der Waals surface area contributed by atoms with Gasteiger partial charge in [0, 0.05) is 17.6 Å². The van der Waals surface area contributed by atoms with Crippen LogP contribution in [-0.4, -0.2) is 32.7 Å². The molecule has 178 valence electrons. The van der Waals surface area contributed by atoms with E-state index in [4.69, 9.17) is 4.74 Å². The standard InChI is InChI=1S/C25H17F3N2O4S/c1-34-18-9-4-15(5-10-18)23(31)19(12-14-2-7-17(8-3-14)25(26,27)28)22(24(32)33)16-6-11-20-21(13-16)30-35-29-20/h2-11,13H,12H2,1H3,(H,32,33). The molecule has 0 amide bonds. The van der Waals surface area contributed by atoms with E-state index in [1.807, 2.05) is 0 Å². The molecule has 0 unspecified atom stereocenters. The van der Waals surface area contributed by atoms with Crippen molar-refractivity contribution in [1.29, 1.82) is 0 Å². The van der Waals surface area contributed by atoms with Gasteiger partial charge in [-0.25, -0.2) is 4.79 Å². The summed E-state index contributed by atoms with van der Waals surface area (Å²) >= 11 is 0.968. The van der Waals surface area contributed by atoms with Gasteiger partial charge in [-0.15, -0.1) is 0 Å². The Kier molecular flexibility index (Phi) is 6.65. The van der Waals surface area contributed by atoms with Crippen molar-refractivity contribution in [2.45, 2.75) is 12.6 Å². The molecule has 1 aromatic heterocycles. The van der Waals surface area contributed by atoms with Crippen molar-refractivity contribution in [1.82, 2.24) is 8.75 Å². The predicted molar refractivity (Wildman–Crippen MR) is 124 cm³/mol. The number of carbonyl (C=O) groups excluding carboxylic acids is 1. The van der Waals surface area contributed by atoms with Gasteiger partial charge < -0.3 is 9.84 Å². The summed E-state index contributed by atoms with van der Waals surface area (Å²) < 4.78 is 52.3. The van der Waals surface area contributed by atoms with Crippen LogP contribution in [0.2, 0.25) is 0 Å². The smallest absolute Gasteiger partial charge is 0.416 e. The minimum Gasteiger partial charge on any atom is -0.497 e. The number of halogens is 3. The van der Waals surface area contributed by atoms with Crippen molar-refractivity contribution in [3.8, 4) is 5.75 Å². The maximum Gasteiger partial charge on any atom is 0.416 e. The first-order valence-electron chi connectivity index (χ1n) is 10.2. The normalized spacial score (nSPS) is 12.3. The van der Waals surface area contributed by atoms with Crippen LogP contribution in [0.3, 0.4) is 0 Å². The number of aromatic nitrogens is 2. The monoisotopic (exact) mass is 498 g/mol. The molecular weight excluding hydrogens is 481 g/mol. The molecule has 4 rings (SSSR count). The van der Waals surface area contributed by atoms with Crippen LogP contribution in [0.25, 0.3) is 16.6 Å². The number of hydrogen-bond donors (Lipinski definition) is 1. The van der Waals surface area contributed by atoms with Crippen molar-refractivity contribution >= 4 is 40.1 Å². The number of nitrogens with zero attached hydrogens (tertiary/aromatic N) is 2. The van der Waals surface area contributed by atoms with Gasteiger partial charge in [0.25, 0.3) is 0 Å². The van der Waals surface area contributed by atoms with Crippen molar-refractivity contribution in [3.05, 3.63) is 94.6 Å². The third-order valence-electron chi connectivity index (χ3n) is 5.35. The van der Waals surface area contributed by atoms with Crippen LogP contribution in [-0.2, 0) is 17.4 Å². The lowest BCUT2D eigenvalue weighted by Gasteiger charge is -2.14. The topological polar surface area (TPSA) is 89.4 Å². The fraction of sp³-hybridized carbons (Fsp3) is 0.120. The number of allylic oxidation sites excluding steroid dienone is 1. The lowest BCUT2D eigenvalue weighted by atomic mass is 9.89. The highest BCUT2D eigenvalue weighted by molar-refractivity contribution is 7.00. The number of Topliss-reactive ketones (excluding diaryl/α,β-unsaturated/α-hetero) is 1. The molecule has 0 saturated heterocycles. The lowest BCUT2D eigenvalue weighted by Crippen LogP contribution is -2.14. The Labute approximate surface area is 201 Å². The third kappa shape index (κ3) is 5.22. The minimum atomic E-state index is -4.51. The fourth-order valence-electron chi connectivity index (χ4n) is 3.58. The summed E-state index contributed by atoms with van der Waals surface area (Å²) in [4.78, 5) is 26.0. The Morgan fingerprint density at radius 1 is 0.914 bits per heavy atom. The number of aliphatic carboxylic acids is 1. The second-order valence-electron chi connectivity index (χ2n) is 7.56. The van der Waals surface area contributed by atoms with Crippen LogP contribution in [0.5, 0.6) is 5.75 Å². The molecule has 0 bridgehead atoms. The third-order valence-corrected chi connectivity index (χ3v) is 5.90. The highest BCUT2D eigenvalue weighted by Gasteiger charge is 2.30. The minimum absolute atomic E-state index is 0.0787. The van der Waals surface area contributed by atoms with Crippen LogP contribution >= 0.6 is 11.7 Å². The second kappa shape index (κ2) is 9.67. The summed E-state index contributed by atoms with van der Waals surface area (Å²) in [6, 6.07) is 15.1. The molecule has 0 spiro atoms. The number of benzene rings is 3. The molecule has 0 atom stereocenters. The lowest BCUT2D eigenvalue weighted by molar-refractivity contribution is -0.137. The van der Waals surface area contributed by atoms with E-state index in [2.05, 4.69) is 8.75 Å². The van der Waals surface area contributed by atoms with Crippen molar-refractivity contribution in [2.75, 3.05) is 7.11 Å². The summed E-state index contributed by atoms with van der Waals surface area (Å²) in [5.41, 5.74) is 0.666. The van der Waals surface area contributed by atoms with E-state index in [1.54, 1.807) is 18.2 Å². The number of alkyl halides is 3. The van der Waals surface area contributed by atoms with Gasteiger partial charge in [-0.3, -0.25) is 4.79 Å².